The lowest BCUT2D eigenvalue weighted by atomic mass is 10.3. The van der Waals surface area contributed by atoms with Crippen LogP contribution < -0.4 is 9.80 Å². The van der Waals surface area contributed by atoms with Crippen molar-refractivity contribution in [3.8, 4) is 0 Å². The third-order valence-corrected chi connectivity index (χ3v) is 5.92. The molecule has 1 saturated heterocycles. The van der Waals surface area contributed by atoms with Gasteiger partial charge in [-0.15, -0.1) is 11.3 Å². The molecule has 0 amide bonds. The monoisotopic (exact) mass is 396 g/mol. The van der Waals surface area contributed by atoms with Gasteiger partial charge in [-0.25, -0.2) is 24.9 Å². The number of aromatic nitrogens is 6. The smallest absolute Gasteiger partial charge is 0.165 e. The first kappa shape index (κ1) is 17.3. The summed E-state index contributed by atoms with van der Waals surface area (Å²) in [4.78, 5) is 27.0. The van der Waals surface area contributed by atoms with E-state index < -0.39 is 0 Å². The number of methoxy groups -OCH3 is 1. The van der Waals surface area contributed by atoms with E-state index in [1.54, 1.807) is 31.1 Å². The van der Waals surface area contributed by atoms with Crippen LogP contribution in [-0.4, -0.2) is 69.4 Å². The van der Waals surface area contributed by atoms with Crippen LogP contribution in [0.4, 0.5) is 11.6 Å². The minimum atomic E-state index is 0.625. The van der Waals surface area contributed by atoms with Gasteiger partial charge in [0.2, 0.25) is 0 Å². The number of hydrogen-bond donors (Lipinski definition) is 0. The van der Waals surface area contributed by atoms with E-state index in [0.717, 1.165) is 65.7 Å². The van der Waals surface area contributed by atoms with Gasteiger partial charge in [-0.05, 0) is 11.4 Å². The molecule has 4 aromatic heterocycles. The lowest BCUT2D eigenvalue weighted by molar-refractivity contribution is 0.188. The first-order valence-electron chi connectivity index (χ1n) is 9.18. The predicted molar refractivity (Wildman–Crippen MR) is 109 cm³/mol. The van der Waals surface area contributed by atoms with Crippen molar-refractivity contribution in [1.29, 1.82) is 0 Å². The van der Waals surface area contributed by atoms with Crippen molar-refractivity contribution in [2.45, 2.75) is 6.54 Å². The molecule has 5 heterocycles. The highest BCUT2D eigenvalue weighted by Crippen LogP contribution is 2.29. The van der Waals surface area contributed by atoms with Crippen LogP contribution in [0.2, 0.25) is 0 Å². The van der Waals surface area contributed by atoms with Crippen LogP contribution in [0.5, 0.6) is 0 Å². The van der Waals surface area contributed by atoms with Crippen LogP contribution in [0, 0.1) is 0 Å². The van der Waals surface area contributed by atoms with Crippen molar-refractivity contribution in [3.05, 3.63) is 30.4 Å². The average molecular weight is 396 g/mol. The average Bonchev–Trinajstić information content (AvgIpc) is 3.39. The molecule has 0 aliphatic carbocycles. The second kappa shape index (κ2) is 7.28. The molecule has 1 aliphatic heterocycles. The van der Waals surface area contributed by atoms with Crippen molar-refractivity contribution >= 4 is 44.4 Å². The van der Waals surface area contributed by atoms with Gasteiger partial charge >= 0.3 is 0 Å². The van der Waals surface area contributed by atoms with Gasteiger partial charge in [-0.3, -0.25) is 0 Å². The van der Waals surface area contributed by atoms with Crippen LogP contribution in [0.25, 0.3) is 21.4 Å². The van der Waals surface area contributed by atoms with E-state index in [1.807, 2.05) is 17.0 Å². The summed E-state index contributed by atoms with van der Waals surface area (Å²) in [7, 11) is 1.70. The molecule has 5 rings (SSSR count). The van der Waals surface area contributed by atoms with Gasteiger partial charge in [-0.1, -0.05) is 0 Å². The predicted octanol–water partition coefficient (Wildman–Crippen LogP) is 1.80. The Hall–Kier alpha value is -2.85. The third-order valence-electron chi connectivity index (χ3n) is 5.02. The molecular formula is C18H20N8OS. The number of hydrogen-bond acceptors (Lipinski definition) is 9. The molecule has 1 aliphatic rings. The van der Waals surface area contributed by atoms with Crippen molar-refractivity contribution in [2.75, 3.05) is 49.7 Å². The molecule has 1 fully saturated rings. The normalized spacial score (nSPS) is 15.0. The first-order valence-corrected chi connectivity index (χ1v) is 10.1. The summed E-state index contributed by atoms with van der Waals surface area (Å²) >= 11 is 1.69. The maximum Gasteiger partial charge on any atom is 0.165 e. The number of thiophene rings is 1. The molecule has 28 heavy (non-hydrogen) atoms. The molecule has 0 spiro atoms. The van der Waals surface area contributed by atoms with Gasteiger partial charge in [0.05, 0.1) is 23.2 Å². The van der Waals surface area contributed by atoms with E-state index in [9.17, 15) is 0 Å². The zero-order chi connectivity index (χ0) is 18.9. The molecule has 144 valence electrons. The number of imidazole rings is 1. The Kier molecular flexibility index (Phi) is 4.49. The molecule has 9 nitrogen and oxygen atoms in total. The van der Waals surface area contributed by atoms with E-state index in [2.05, 4.69) is 40.1 Å². The molecule has 0 atom stereocenters. The summed E-state index contributed by atoms with van der Waals surface area (Å²) in [5.41, 5.74) is 2.70. The van der Waals surface area contributed by atoms with Crippen molar-refractivity contribution in [3.63, 3.8) is 0 Å². The molecule has 0 aromatic carbocycles. The molecular weight excluding hydrogens is 376 g/mol. The summed E-state index contributed by atoms with van der Waals surface area (Å²) in [5.74, 6) is 1.92. The largest absolute Gasteiger partial charge is 0.383 e. The third kappa shape index (κ3) is 2.94. The fourth-order valence-electron chi connectivity index (χ4n) is 3.58. The molecule has 0 N–H and O–H groups in total. The number of piperazine rings is 1. The lowest BCUT2D eigenvalue weighted by Gasteiger charge is -2.36. The van der Waals surface area contributed by atoms with E-state index in [0.29, 0.717) is 6.61 Å². The summed E-state index contributed by atoms with van der Waals surface area (Å²) in [6.45, 7) is 4.81. The van der Waals surface area contributed by atoms with E-state index in [1.165, 1.54) is 0 Å². The fraction of sp³-hybridized carbons (Fsp3) is 0.389. The number of nitrogens with zero attached hydrogens (tertiary/aromatic N) is 8. The van der Waals surface area contributed by atoms with Gasteiger partial charge in [-0.2, -0.15) is 0 Å². The molecule has 0 bridgehead atoms. The van der Waals surface area contributed by atoms with Crippen molar-refractivity contribution in [1.82, 2.24) is 29.5 Å². The van der Waals surface area contributed by atoms with E-state index >= 15 is 0 Å². The van der Waals surface area contributed by atoms with E-state index in [-0.39, 0.29) is 0 Å². The van der Waals surface area contributed by atoms with Crippen LogP contribution in [0.1, 0.15) is 0 Å². The van der Waals surface area contributed by atoms with Gasteiger partial charge in [0, 0.05) is 39.8 Å². The standard InChI is InChI=1S/C18H20N8OS/c1-27-8-7-26-12-23-14-16(20-11-21-17(14)26)24-3-5-25(6-4-24)18-15-13(2-9-28-15)19-10-22-18/h2,9-12H,3-8H2,1H3. The number of rotatable bonds is 5. The Balaban J connectivity index is 1.37. The van der Waals surface area contributed by atoms with Crippen LogP contribution in [0.3, 0.4) is 0 Å². The highest BCUT2D eigenvalue weighted by molar-refractivity contribution is 7.17. The zero-order valence-corrected chi connectivity index (χ0v) is 16.3. The first-order chi connectivity index (χ1) is 13.8. The summed E-state index contributed by atoms with van der Waals surface area (Å²) in [5, 5.41) is 2.07. The van der Waals surface area contributed by atoms with Crippen molar-refractivity contribution in [2.24, 2.45) is 0 Å². The minimum Gasteiger partial charge on any atom is -0.383 e. The van der Waals surface area contributed by atoms with Gasteiger partial charge in [0.25, 0.3) is 0 Å². The highest BCUT2D eigenvalue weighted by Gasteiger charge is 2.23. The van der Waals surface area contributed by atoms with Crippen LogP contribution in [-0.2, 0) is 11.3 Å². The summed E-state index contributed by atoms with van der Waals surface area (Å²) in [6, 6.07) is 2.04. The molecule has 4 aromatic rings. The van der Waals surface area contributed by atoms with Gasteiger partial charge < -0.3 is 19.1 Å². The second-order valence-corrected chi connectivity index (χ2v) is 7.52. The molecule has 0 radical (unpaired) electrons. The Morgan fingerprint density at radius 2 is 1.71 bits per heavy atom. The van der Waals surface area contributed by atoms with Crippen LogP contribution in [0.15, 0.2) is 30.4 Å². The van der Waals surface area contributed by atoms with Gasteiger partial charge in [0.1, 0.15) is 18.5 Å². The Morgan fingerprint density at radius 1 is 0.964 bits per heavy atom. The maximum absolute atomic E-state index is 5.17. The minimum absolute atomic E-state index is 0.625. The number of fused-ring (bicyclic) bond motifs is 2. The fourth-order valence-corrected chi connectivity index (χ4v) is 4.45. The quantitative estimate of drug-likeness (QED) is 0.505. The Bertz CT molecular complexity index is 1100. The second-order valence-electron chi connectivity index (χ2n) is 6.61. The topological polar surface area (TPSA) is 85.1 Å². The van der Waals surface area contributed by atoms with Gasteiger partial charge in [0.15, 0.2) is 17.0 Å². The SMILES string of the molecule is COCCn1cnc2c(N3CCN(c4ncnc5ccsc45)CC3)ncnc21. The lowest BCUT2D eigenvalue weighted by Crippen LogP contribution is -2.47. The maximum atomic E-state index is 5.17. The molecule has 0 unspecified atom stereocenters. The van der Waals surface area contributed by atoms with E-state index in [4.69, 9.17) is 4.74 Å². The number of ether oxygens (including phenoxy) is 1. The Labute approximate surface area is 165 Å². The highest BCUT2D eigenvalue weighted by atomic mass is 32.1. The zero-order valence-electron chi connectivity index (χ0n) is 15.5. The van der Waals surface area contributed by atoms with Crippen molar-refractivity contribution < 1.29 is 4.74 Å². The molecule has 0 saturated carbocycles. The molecule has 10 heteroatoms. The summed E-state index contributed by atoms with van der Waals surface area (Å²) in [6.07, 6.45) is 5.08. The Morgan fingerprint density at radius 3 is 2.54 bits per heavy atom. The van der Waals surface area contributed by atoms with Crippen LogP contribution >= 0.6 is 11.3 Å². The number of anilines is 2. The summed E-state index contributed by atoms with van der Waals surface area (Å²) < 4.78 is 8.33.